The molecule has 2 atom stereocenters. The van der Waals surface area contributed by atoms with E-state index in [1.165, 1.54) is 11.9 Å². The maximum absolute atomic E-state index is 13.0. The molecule has 2 aromatic heterocycles. The van der Waals surface area contributed by atoms with Crippen molar-refractivity contribution >= 4 is 16.8 Å². The lowest BCUT2D eigenvalue weighted by Gasteiger charge is -2.22. The number of carbonyl (C=O) groups excluding carboxylic acids is 1. The first kappa shape index (κ1) is 15.8. The van der Waals surface area contributed by atoms with E-state index in [4.69, 9.17) is 4.74 Å². The zero-order valence-electron chi connectivity index (χ0n) is 14.3. The highest BCUT2D eigenvalue weighted by Crippen LogP contribution is 2.32. The third-order valence-electron chi connectivity index (χ3n) is 5.02. The van der Waals surface area contributed by atoms with Crippen LogP contribution < -0.4 is 0 Å². The van der Waals surface area contributed by atoms with Gasteiger partial charge in [0.05, 0.1) is 18.6 Å². The number of para-hydroxylation sites is 1. The number of benzene rings is 1. The summed E-state index contributed by atoms with van der Waals surface area (Å²) >= 11 is 0. The molecule has 25 heavy (non-hydrogen) atoms. The molecule has 1 aliphatic rings. The average molecular weight is 339 g/mol. The van der Waals surface area contributed by atoms with Crippen molar-refractivity contribution in [3.8, 4) is 0 Å². The Labute approximate surface area is 145 Å². The Morgan fingerprint density at radius 3 is 3.08 bits per heavy atom. The molecule has 130 valence electrons. The predicted octanol–water partition coefficient (Wildman–Crippen LogP) is 2.13. The average Bonchev–Trinajstić information content (AvgIpc) is 3.34. The fraction of sp³-hybridized carbons (Fsp3) is 0.389. The van der Waals surface area contributed by atoms with Crippen molar-refractivity contribution < 1.29 is 9.53 Å². The van der Waals surface area contributed by atoms with Crippen LogP contribution in [0, 0.1) is 6.92 Å². The van der Waals surface area contributed by atoms with Gasteiger partial charge in [-0.25, -0.2) is 4.98 Å². The second kappa shape index (κ2) is 6.33. The molecule has 2 N–H and O–H groups in total. The molecule has 1 aromatic carbocycles. The van der Waals surface area contributed by atoms with Gasteiger partial charge in [0.15, 0.2) is 0 Å². The summed E-state index contributed by atoms with van der Waals surface area (Å²) < 4.78 is 5.48. The Hall–Kier alpha value is -2.67. The second-order valence-corrected chi connectivity index (χ2v) is 6.51. The van der Waals surface area contributed by atoms with Gasteiger partial charge in [-0.1, -0.05) is 18.2 Å². The van der Waals surface area contributed by atoms with E-state index < -0.39 is 0 Å². The molecular weight excluding hydrogens is 318 g/mol. The van der Waals surface area contributed by atoms with Crippen LogP contribution in [0.5, 0.6) is 0 Å². The summed E-state index contributed by atoms with van der Waals surface area (Å²) in [5.74, 6) is 0.783. The molecule has 7 heteroatoms. The molecule has 0 bridgehead atoms. The van der Waals surface area contributed by atoms with Gasteiger partial charge in [-0.15, -0.1) is 0 Å². The molecule has 0 saturated carbocycles. The minimum atomic E-state index is -0.119. The van der Waals surface area contributed by atoms with Crippen LogP contribution in [0.25, 0.3) is 10.9 Å². The largest absolute Gasteiger partial charge is 0.380 e. The first-order valence-corrected chi connectivity index (χ1v) is 8.40. The lowest BCUT2D eigenvalue weighted by molar-refractivity contribution is -0.131. The molecule has 3 heterocycles. The highest BCUT2D eigenvalue weighted by molar-refractivity contribution is 5.90. The van der Waals surface area contributed by atoms with E-state index in [9.17, 15) is 4.79 Å². The van der Waals surface area contributed by atoms with Gasteiger partial charge in [0.1, 0.15) is 12.2 Å². The minimum absolute atomic E-state index is 0.0178. The van der Waals surface area contributed by atoms with E-state index in [0.717, 1.165) is 22.9 Å². The number of carbonyl (C=O) groups is 1. The first-order chi connectivity index (χ1) is 12.2. The Morgan fingerprint density at radius 1 is 1.44 bits per heavy atom. The van der Waals surface area contributed by atoms with Crippen molar-refractivity contribution in [3.63, 3.8) is 0 Å². The van der Waals surface area contributed by atoms with Crippen molar-refractivity contribution in [2.75, 3.05) is 13.7 Å². The summed E-state index contributed by atoms with van der Waals surface area (Å²) in [4.78, 5) is 22.4. The molecule has 0 spiro atoms. The Bertz CT molecular complexity index is 886. The lowest BCUT2D eigenvalue weighted by Crippen LogP contribution is -2.33. The monoisotopic (exact) mass is 339 g/mol. The third-order valence-corrected chi connectivity index (χ3v) is 5.02. The number of amides is 1. The molecule has 0 radical (unpaired) electrons. The number of ether oxygens (including phenoxy) is 1. The van der Waals surface area contributed by atoms with Gasteiger partial charge in [0.25, 0.3) is 0 Å². The van der Waals surface area contributed by atoms with Crippen LogP contribution in [0.3, 0.4) is 0 Å². The van der Waals surface area contributed by atoms with Crippen LogP contribution in [0.15, 0.2) is 30.7 Å². The van der Waals surface area contributed by atoms with Crippen LogP contribution in [0.2, 0.25) is 0 Å². The number of methoxy groups -OCH3 is 1. The Balaban J connectivity index is 1.59. The summed E-state index contributed by atoms with van der Waals surface area (Å²) in [7, 11) is 1.68. The molecule has 1 amide bonds. The molecule has 1 saturated heterocycles. The van der Waals surface area contributed by atoms with Gasteiger partial charge in [0.2, 0.25) is 5.91 Å². The fourth-order valence-electron chi connectivity index (χ4n) is 3.65. The topological polar surface area (TPSA) is 86.9 Å². The van der Waals surface area contributed by atoms with Gasteiger partial charge in [-0.3, -0.25) is 9.89 Å². The molecule has 3 aromatic rings. The van der Waals surface area contributed by atoms with Crippen LogP contribution in [-0.4, -0.2) is 50.7 Å². The zero-order chi connectivity index (χ0) is 17.4. The molecule has 1 fully saturated rings. The summed E-state index contributed by atoms with van der Waals surface area (Å²) in [5.41, 5.74) is 3.28. The van der Waals surface area contributed by atoms with Crippen molar-refractivity contribution in [1.82, 2.24) is 25.1 Å². The maximum atomic E-state index is 13.0. The normalized spacial score (nSPS) is 20.5. The molecule has 0 unspecified atom stereocenters. The molecule has 4 rings (SSSR count). The number of fused-ring (bicyclic) bond motifs is 1. The van der Waals surface area contributed by atoms with Gasteiger partial charge >= 0.3 is 0 Å². The summed E-state index contributed by atoms with van der Waals surface area (Å²) in [6, 6.07) is 6.02. The van der Waals surface area contributed by atoms with Crippen molar-refractivity contribution in [3.05, 3.63) is 47.7 Å². The van der Waals surface area contributed by atoms with Crippen LogP contribution in [-0.2, 0) is 16.0 Å². The summed E-state index contributed by atoms with van der Waals surface area (Å²) in [6.07, 6.45) is 4.50. The highest BCUT2D eigenvalue weighted by Gasteiger charge is 2.37. The number of H-pyrrole nitrogens is 2. The fourth-order valence-corrected chi connectivity index (χ4v) is 3.65. The number of likely N-dealkylation sites (tertiary alicyclic amines) is 1. The van der Waals surface area contributed by atoms with E-state index in [1.54, 1.807) is 7.11 Å². The van der Waals surface area contributed by atoms with E-state index in [1.807, 2.05) is 17.2 Å². The van der Waals surface area contributed by atoms with Crippen molar-refractivity contribution in [2.45, 2.75) is 31.9 Å². The first-order valence-electron chi connectivity index (χ1n) is 8.40. The van der Waals surface area contributed by atoms with Crippen LogP contribution in [0.1, 0.15) is 29.4 Å². The number of rotatable bonds is 4. The molecular formula is C18H21N5O2. The van der Waals surface area contributed by atoms with E-state index >= 15 is 0 Å². The summed E-state index contributed by atoms with van der Waals surface area (Å²) in [6.45, 7) is 2.64. The van der Waals surface area contributed by atoms with Gasteiger partial charge in [-0.05, 0) is 18.1 Å². The van der Waals surface area contributed by atoms with E-state index in [0.29, 0.717) is 18.8 Å². The number of aromatic nitrogens is 4. The highest BCUT2D eigenvalue weighted by atomic mass is 16.5. The Morgan fingerprint density at radius 2 is 2.32 bits per heavy atom. The van der Waals surface area contributed by atoms with Crippen molar-refractivity contribution in [2.24, 2.45) is 0 Å². The van der Waals surface area contributed by atoms with Crippen molar-refractivity contribution in [1.29, 1.82) is 0 Å². The number of aromatic amines is 2. The van der Waals surface area contributed by atoms with Gasteiger partial charge < -0.3 is 14.6 Å². The SMILES string of the molecule is CO[C@@H]1C[C@@H](c2ncn[nH]2)N(C(=O)Cc2c[nH]c3c(C)cccc23)C1. The number of aryl methyl sites for hydroxylation is 1. The summed E-state index contributed by atoms with van der Waals surface area (Å²) in [5, 5.41) is 7.91. The van der Waals surface area contributed by atoms with E-state index in [-0.39, 0.29) is 18.1 Å². The molecule has 0 aliphatic carbocycles. The smallest absolute Gasteiger partial charge is 0.227 e. The number of nitrogens with one attached hydrogen (secondary N) is 2. The van der Waals surface area contributed by atoms with Crippen LogP contribution >= 0.6 is 0 Å². The number of hydrogen-bond acceptors (Lipinski definition) is 4. The number of nitrogens with zero attached hydrogens (tertiary/aromatic N) is 3. The quantitative estimate of drug-likeness (QED) is 0.762. The van der Waals surface area contributed by atoms with Crippen LogP contribution in [0.4, 0.5) is 0 Å². The third kappa shape index (κ3) is 2.80. The standard InChI is InChI=1S/C18H21N5O2/c1-11-4-3-5-14-12(8-19-17(11)14)6-16(24)23-9-13(25-2)7-15(23)18-20-10-21-22-18/h3-5,8,10,13,15,19H,6-7,9H2,1-2H3,(H,20,21,22)/t13-,15+/m1/s1. The zero-order valence-corrected chi connectivity index (χ0v) is 14.3. The predicted molar refractivity (Wildman–Crippen MR) is 93.0 cm³/mol. The minimum Gasteiger partial charge on any atom is -0.380 e. The lowest BCUT2D eigenvalue weighted by atomic mass is 10.1. The van der Waals surface area contributed by atoms with E-state index in [2.05, 4.69) is 39.2 Å². The second-order valence-electron chi connectivity index (χ2n) is 6.51. The van der Waals surface area contributed by atoms with Gasteiger partial charge in [-0.2, -0.15) is 5.10 Å². The Kier molecular flexibility index (Phi) is 4.01. The van der Waals surface area contributed by atoms with Gasteiger partial charge in [0, 0.05) is 37.2 Å². The molecule has 7 nitrogen and oxygen atoms in total. The number of hydrogen-bond donors (Lipinski definition) is 2. The molecule has 1 aliphatic heterocycles. The maximum Gasteiger partial charge on any atom is 0.227 e.